The molecule has 4 rings (SSSR count). The molecule has 0 unspecified atom stereocenters. The van der Waals surface area contributed by atoms with E-state index >= 15 is 0 Å². The molecular formula is C21H17FN2O6. The average Bonchev–Trinajstić information content (AvgIpc) is 3.18. The fourth-order valence-corrected chi connectivity index (χ4v) is 3.30. The van der Waals surface area contributed by atoms with Crippen molar-refractivity contribution in [1.29, 1.82) is 0 Å². The maximum absolute atomic E-state index is 14.4. The minimum atomic E-state index is -0.822. The van der Waals surface area contributed by atoms with Crippen LogP contribution in [0, 0.1) is 5.82 Å². The normalized spacial score (nSPS) is 12.6. The third-order valence-electron chi connectivity index (χ3n) is 4.58. The first-order valence-electron chi connectivity index (χ1n) is 8.93. The molecular weight excluding hydrogens is 395 g/mol. The minimum absolute atomic E-state index is 0.0313. The van der Waals surface area contributed by atoms with Gasteiger partial charge < -0.3 is 18.9 Å². The van der Waals surface area contributed by atoms with Crippen molar-refractivity contribution in [3.05, 3.63) is 65.1 Å². The Balaban J connectivity index is 2.06. The molecule has 0 aliphatic carbocycles. The summed E-state index contributed by atoms with van der Waals surface area (Å²) in [4.78, 5) is 25.3. The third-order valence-corrected chi connectivity index (χ3v) is 4.58. The summed E-state index contributed by atoms with van der Waals surface area (Å²) >= 11 is 0. The van der Waals surface area contributed by atoms with Crippen molar-refractivity contribution in [3.63, 3.8) is 0 Å². The molecule has 0 spiro atoms. The highest BCUT2D eigenvalue weighted by molar-refractivity contribution is 6.07. The lowest BCUT2D eigenvalue weighted by molar-refractivity contribution is -0.0161. The number of carbonyl (C=O) groups excluding carboxylic acids is 2. The van der Waals surface area contributed by atoms with E-state index in [0.29, 0.717) is 17.0 Å². The van der Waals surface area contributed by atoms with Crippen LogP contribution in [0.1, 0.15) is 26.4 Å². The van der Waals surface area contributed by atoms with Crippen LogP contribution in [0.25, 0.3) is 16.9 Å². The zero-order valence-corrected chi connectivity index (χ0v) is 16.2. The Hall–Kier alpha value is -3.72. The Morgan fingerprint density at radius 2 is 1.83 bits per heavy atom. The second kappa shape index (κ2) is 7.96. The number of fused-ring (bicyclic) bond motifs is 1. The molecule has 0 atom stereocenters. The number of nitrogens with zero attached hydrogens (tertiary/aromatic N) is 2. The average molecular weight is 412 g/mol. The Labute approximate surface area is 170 Å². The van der Waals surface area contributed by atoms with Crippen molar-refractivity contribution in [2.45, 2.75) is 6.61 Å². The number of carbonyl (C=O) groups is 2. The number of hydrogen-bond donors (Lipinski definition) is 0. The summed E-state index contributed by atoms with van der Waals surface area (Å²) in [5.74, 6) is -1.87. The van der Waals surface area contributed by atoms with Crippen LogP contribution < -0.4 is 4.74 Å². The van der Waals surface area contributed by atoms with E-state index < -0.39 is 17.8 Å². The number of rotatable bonds is 4. The van der Waals surface area contributed by atoms with Gasteiger partial charge in [0.1, 0.15) is 22.8 Å². The van der Waals surface area contributed by atoms with Gasteiger partial charge in [0.25, 0.3) is 0 Å². The standard InChI is InChI=1S/C21H17FN2O6/c1-27-20(25)16-17(15-9-13(22)8-12-10-29-11-30-19(12)15)23-24(18(16)21(26)28-2)14-6-4-3-5-7-14/h3-9H,10-11H2,1-2H3. The van der Waals surface area contributed by atoms with Crippen molar-refractivity contribution in [2.24, 2.45) is 0 Å². The number of esters is 2. The van der Waals surface area contributed by atoms with E-state index in [9.17, 15) is 14.0 Å². The zero-order valence-electron chi connectivity index (χ0n) is 16.2. The summed E-state index contributed by atoms with van der Waals surface area (Å²) in [7, 11) is 2.37. The van der Waals surface area contributed by atoms with E-state index in [4.69, 9.17) is 18.9 Å². The maximum Gasteiger partial charge on any atom is 0.357 e. The molecule has 1 aliphatic rings. The molecule has 0 fully saturated rings. The van der Waals surface area contributed by atoms with Gasteiger partial charge in [0.2, 0.25) is 0 Å². The number of methoxy groups -OCH3 is 2. The van der Waals surface area contributed by atoms with Gasteiger partial charge >= 0.3 is 11.9 Å². The SMILES string of the molecule is COC(=O)c1c(-c2cc(F)cc3c2OCOC3)nn(-c2ccccc2)c1C(=O)OC. The van der Waals surface area contributed by atoms with Crippen molar-refractivity contribution >= 4 is 11.9 Å². The Morgan fingerprint density at radius 3 is 2.53 bits per heavy atom. The quantitative estimate of drug-likeness (QED) is 0.609. The van der Waals surface area contributed by atoms with Crippen molar-refractivity contribution in [1.82, 2.24) is 9.78 Å². The van der Waals surface area contributed by atoms with Gasteiger partial charge in [-0.1, -0.05) is 18.2 Å². The number of benzene rings is 2. The van der Waals surface area contributed by atoms with Crippen LogP contribution in [0.2, 0.25) is 0 Å². The summed E-state index contributed by atoms with van der Waals surface area (Å²) in [6.45, 7) is 0.0966. The lowest BCUT2D eigenvalue weighted by atomic mass is 10.0. The number of hydrogen-bond acceptors (Lipinski definition) is 7. The van der Waals surface area contributed by atoms with Gasteiger partial charge in [0.15, 0.2) is 12.5 Å². The van der Waals surface area contributed by atoms with Crippen LogP contribution in [0.5, 0.6) is 5.75 Å². The van der Waals surface area contributed by atoms with Gasteiger partial charge in [-0.25, -0.2) is 18.7 Å². The molecule has 2 heterocycles. The van der Waals surface area contributed by atoms with E-state index in [-0.39, 0.29) is 35.9 Å². The lowest BCUT2D eigenvalue weighted by Gasteiger charge is -2.20. The van der Waals surface area contributed by atoms with Gasteiger partial charge in [0.05, 0.1) is 26.5 Å². The summed E-state index contributed by atoms with van der Waals surface area (Å²) in [5, 5.41) is 4.47. The molecule has 3 aromatic rings. The zero-order chi connectivity index (χ0) is 21.3. The first-order valence-corrected chi connectivity index (χ1v) is 8.93. The highest BCUT2D eigenvalue weighted by Gasteiger charge is 2.33. The molecule has 0 saturated carbocycles. The molecule has 0 radical (unpaired) electrons. The molecule has 8 nitrogen and oxygen atoms in total. The van der Waals surface area contributed by atoms with Gasteiger partial charge in [-0.15, -0.1) is 0 Å². The summed E-state index contributed by atoms with van der Waals surface area (Å²) in [6, 6.07) is 11.2. The molecule has 1 aromatic heterocycles. The molecule has 2 aromatic carbocycles. The summed E-state index contributed by atoms with van der Waals surface area (Å²) in [5.41, 5.74) is 0.897. The van der Waals surface area contributed by atoms with Crippen LogP contribution in [0.15, 0.2) is 42.5 Å². The van der Waals surface area contributed by atoms with Crippen LogP contribution in [0.4, 0.5) is 4.39 Å². The largest absolute Gasteiger partial charge is 0.466 e. The summed E-state index contributed by atoms with van der Waals surface area (Å²) in [6.07, 6.45) is 0. The first kappa shape index (κ1) is 19.6. The number of halogens is 1. The second-order valence-electron chi connectivity index (χ2n) is 6.35. The van der Waals surface area contributed by atoms with Crippen LogP contribution in [0.3, 0.4) is 0 Å². The molecule has 30 heavy (non-hydrogen) atoms. The smallest absolute Gasteiger partial charge is 0.357 e. The topological polar surface area (TPSA) is 88.9 Å². The predicted molar refractivity (Wildman–Crippen MR) is 102 cm³/mol. The molecule has 0 amide bonds. The summed E-state index contributed by atoms with van der Waals surface area (Å²) < 4.78 is 36.2. The number of para-hydroxylation sites is 1. The van der Waals surface area contributed by atoms with E-state index in [2.05, 4.69) is 5.10 Å². The number of aromatic nitrogens is 2. The van der Waals surface area contributed by atoms with Gasteiger partial charge in [0, 0.05) is 11.1 Å². The van der Waals surface area contributed by atoms with E-state index in [1.54, 1.807) is 30.3 Å². The van der Waals surface area contributed by atoms with E-state index in [0.717, 1.165) is 0 Å². The van der Waals surface area contributed by atoms with Crippen LogP contribution >= 0.6 is 0 Å². The van der Waals surface area contributed by atoms with Crippen molar-refractivity contribution in [3.8, 4) is 22.7 Å². The fraction of sp³-hybridized carbons (Fsp3) is 0.190. The first-order chi connectivity index (χ1) is 14.5. The second-order valence-corrected chi connectivity index (χ2v) is 6.35. The van der Waals surface area contributed by atoms with Crippen molar-refractivity contribution < 1.29 is 32.9 Å². The number of ether oxygens (including phenoxy) is 4. The van der Waals surface area contributed by atoms with Gasteiger partial charge in [-0.3, -0.25) is 0 Å². The molecule has 0 N–H and O–H groups in total. The van der Waals surface area contributed by atoms with Crippen molar-refractivity contribution in [2.75, 3.05) is 21.0 Å². The molecule has 0 bridgehead atoms. The Morgan fingerprint density at radius 1 is 1.10 bits per heavy atom. The van der Waals surface area contributed by atoms with Crippen LogP contribution in [-0.4, -0.2) is 42.7 Å². The minimum Gasteiger partial charge on any atom is -0.466 e. The lowest BCUT2D eigenvalue weighted by Crippen LogP contribution is -2.16. The Kier molecular flexibility index (Phi) is 5.20. The predicted octanol–water partition coefficient (Wildman–Crippen LogP) is 3.12. The molecule has 154 valence electrons. The third kappa shape index (κ3) is 3.29. The fourth-order valence-electron chi connectivity index (χ4n) is 3.30. The van der Waals surface area contributed by atoms with Gasteiger partial charge in [-0.05, 0) is 24.3 Å². The van der Waals surface area contributed by atoms with E-state index in [1.807, 2.05) is 0 Å². The van der Waals surface area contributed by atoms with Crippen LogP contribution in [-0.2, 0) is 20.8 Å². The highest BCUT2D eigenvalue weighted by atomic mass is 19.1. The monoisotopic (exact) mass is 412 g/mol. The van der Waals surface area contributed by atoms with Gasteiger partial charge in [-0.2, -0.15) is 5.10 Å². The Bertz CT molecular complexity index is 1130. The molecule has 1 aliphatic heterocycles. The maximum atomic E-state index is 14.4. The molecule has 0 saturated heterocycles. The van der Waals surface area contributed by atoms with E-state index in [1.165, 1.54) is 31.0 Å². The highest BCUT2D eigenvalue weighted by Crippen LogP contribution is 2.39. The molecule has 9 heteroatoms.